The number of carbonyl (C=O) groups excluding carboxylic acids is 1. The van der Waals surface area contributed by atoms with Crippen LogP contribution >= 0.6 is 0 Å². The highest BCUT2D eigenvalue weighted by Crippen LogP contribution is 2.89. The van der Waals surface area contributed by atoms with Crippen molar-refractivity contribution in [2.24, 2.45) is 50.7 Å². The average molecular weight is 529 g/mol. The van der Waals surface area contributed by atoms with Gasteiger partial charge in [-0.3, -0.25) is 4.79 Å². The highest BCUT2D eigenvalue weighted by molar-refractivity contribution is 5.66. The highest BCUT2D eigenvalue weighted by Gasteiger charge is 2.86. The molecule has 3 saturated heterocycles. The van der Waals surface area contributed by atoms with E-state index < -0.39 is 5.79 Å². The number of aliphatic hydroxyl groups excluding tert-OH is 1. The van der Waals surface area contributed by atoms with Crippen molar-refractivity contribution in [2.75, 3.05) is 6.61 Å². The third-order valence-corrected chi connectivity index (χ3v) is 14.9. The second kappa shape index (κ2) is 6.85. The molecule has 3 heterocycles. The van der Waals surface area contributed by atoms with Crippen LogP contribution in [0.4, 0.5) is 0 Å². The summed E-state index contributed by atoms with van der Waals surface area (Å²) in [6, 6.07) is 0. The van der Waals surface area contributed by atoms with Crippen LogP contribution in [-0.2, 0) is 23.7 Å². The van der Waals surface area contributed by atoms with Crippen LogP contribution in [-0.4, -0.2) is 53.5 Å². The Bertz CT molecular complexity index is 1110. The minimum atomic E-state index is -0.619. The van der Waals surface area contributed by atoms with Crippen molar-refractivity contribution in [3.05, 3.63) is 0 Å². The van der Waals surface area contributed by atoms with E-state index in [9.17, 15) is 9.90 Å². The van der Waals surface area contributed by atoms with Crippen molar-refractivity contribution in [2.45, 2.75) is 136 Å². The van der Waals surface area contributed by atoms with E-state index in [0.29, 0.717) is 30.3 Å². The van der Waals surface area contributed by atoms with Crippen LogP contribution in [0.15, 0.2) is 0 Å². The maximum atomic E-state index is 12.7. The van der Waals surface area contributed by atoms with E-state index in [-0.39, 0.29) is 63.1 Å². The zero-order valence-electron chi connectivity index (χ0n) is 24.5. The molecule has 0 aromatic rings. The van der Waals surface area contributed by atoms with Gasteiger partial charge in [0.2, 0.25) is 0 Å². The molecule has 0 bridgehead atoms. The molecule has 6 nitrogen and oxygen atoms in total. The molecular weight excluding hydrogens is 480 g/mol. The Morgan fingerprint density at radius 3 is 2.34 bits per heavy atom. The SMILES string of the molecule is CC(=O)O[C@@H]1C[C@@]23C[C@@]24CC[C@H](O)C(C)(C)[C@@H]4CC[C@@H]3[C@]2(C)C[C@@H]3O[C@]4(C[C@@H](C)[C@@H]3[C@@]12C)OC[C@@]1(C)O[C@@H]41. The molecule has 0 unspecified atom stereocenters. The van der Waals surface area contributed by atoms with E-state index in [0.717, 1.165) is 32.1 Å². The van der Waals surface area contributed by atoms with Gasteiger partial charge in [0.15, 0.2) is 5.79 Å². The summed E-state index contributed by atoms with van der Waals surface area (Å²) in [5.41, 5.74) is 0.108. The van der Waals surface area contributed by atoms with Gasteiger partial charge >= 0.3 is 5.97 Å². The fourth-order valence-electron chi connectivity index (χ4n) is 13.3. The molecule has 0 aromatic heterocycles. The normalized spacial score (nSPS) is 64.5. The van der Waals surface area contributed by atoms with Crippen LogP contribution in [0.25, 0.3) is 0 Å². The van der Waals surface area contributed by atoms with E-state index in [1.807, 2.05) is 0 Å². The van der Waals surface area contributed by atoms with Crippen molar-refractivity contribution in [3.63, 3.8) is 0 Å². The number of carbonyl (C=O) groups is 1. The predicted molar refractivity (Wildman–Crippen MR) is 140 cm³/mol. The van der Waals surface area contributed by atoms with Gasteiger partial charge in [-0.25, -0.2) is 0 Å². The summed E-state index contributed by atoms with van der Waals surface area (Å²) in [7, 11) is 0. The third-order valence-electron chi connectivity index (χ3n) is 14.9. The van der Waals surface area contributed by atoms with E-state index in [2.05, 4.69) is 41.5 Å². The van der Waals surface area contributed by atoms with Crippen molar-refractivity contribution in [3.8, 4) is 0 Å². The first-order valence-electron chi connectivity index (χ1n) is 15.5. The van der Waals surface area contributed by atoms with E-state index in [1.54, 1.807) is 6.92 Å². The van der Waals surface area contributed by atoms with Gasteiger partial charge in [-0.1, -0.05) is 34.6 Å². The number of rotatable bonds is 1. The molecule has 8 fully saturated rings. The van der Waals surface area contributed by atoms with Crippen molar-refractivity contribution in [1.29, 1.82) is 0 Å². The Hall–Kier alpha value is -0.690. The lowest BCUT2D eigenvalue weighted by Gasteiger charge is -2.65. The topological polar surface area (TPSA) is 77.5 Å². The van der Waals surface area contributed by atoms with Gasteiger partial charge in [0.05, 0.1) is 18.8 Å². The molecule has 1 N–H and O–H groups in total. The molecular formula is C32H48O6. The lowest BCUT2D eigenvalue weighted by molar-refractivity contribution is -0.308. The number of fused-ring (bicyclic) bond motifs is 6. The van der Waals surface area contributed by atoms with Crippen LogP contribution in [0.3, 0.4) is 0 Å². The number of hydrogen-bond acceptors (Lipinski definition) is 6. The quantitative estimate of drug-likeness (QED) is 0.370. The number of ether oxygens (including phenoxy) is 4. The standard InChI is InChI=1S/C32H48O6/c1-17-12-32(25-28(6,38-25)16-35-32)37-19-13-27(5)21-9-8-20-26(3,4)22(34)10-11-30(20)15-31(21,30)14-23(36-18(2)33)29(27,7)24(17)19/h17,19-25,34H,8-16H2,1-7H3/t17-,19+,20+,21-,22+,23-,24+,25-,27+,28-,29-,30-,31+,32+/m1/s1. The molecule has 5 aliphatic carbocycles. The smallest absolute Gasteiger partial charge is 0.302 e. The molecule has 38 heavy (non-hydrogen) atoms. The molecule has 6 heteroatoms. The number of hydrogen-bond donors (Lipinski definition) is 1. The molecule has 212 valence electrons. The third kappa shape index (κ3) is 2.52. The van der Waals surface area contributed by atoms with Crippen LogP contribution in [0, 0.1) is 50.7 Å². The minimum absolute atomic E-state index is 0.0154. The second-order valence-electron chi connectivity index (χ2n) is 16.5. The zero-order valence-corrected chi connectivity index (χ0v) is 24.5. The lowest BCUT2D eigenvalue weighted by Crippen LogP contribution is -2.63. The Morgan fingerprint density at radius 2 is 1.68 bits per heavy atom. The minimum Gasteiger partial charge on any atom is -0.462 e. The summed E-state index contributed by atoms with van der Waals surface area (Å²) in [6.45, 7) is 16.4. The van der Waals surface area contributed by atoms with Crippen LogP contribution in [0.1, 0.15) is 99.8 Å². The van der Waals surface area contributed by atoms with Gasteiger partial charge in [-0.2, -0.15) is 0 Å². The molecule has 3 aliphatic heterocycles. The maximum Gasteiger partial charge on any atom is 0.302 e. The number of esters is 1. The lowest BCUT2D eigenvalue weighted by atomic mass is 9.41. The largest absolute Gasteiger partial charge is 0.462 e. The van der Waals surface area contributed by atoms with Crippen molar-refractivity contribution >= 4 is 5.97 Å². The van der Waals surface area contributed by atoms with Gasteiger partial charge in [-0.05, 0) is 97.2 Å². The molecule has 14 atom stereocenters. The van der Waals surface area contributed by atoms with E-state index in [1.165, 1.54) is 19.3 Å². The summed E-state index contributed by atoms with van der Waals surface area (Å²) >= 11 is 0. The zero-order chi connectivity index (χ0) is 26.9. The fourth-order valence-corrected chi connectivity index (χ4v) is 13.3. The predicted octanol–water partition coefficient (Wildman–Crippen LogP) is 5.25. The second-order valence-corrected chi connectivity index (χ2v) is 16.5. The van der Waals surface area contributed by atoms with Crippen molar-refractivity contribution < 1.29 is 28.8 Å². The summed E-state index contributed by atoms with van der Waals surface area (Å²) in [5, 5.41) is 11.0. The first kappa shape index (κ1) is 25.1. The van der Waals surface area contributed by atoms with Gasteiger partial charge in [0.1, 0.15) is 17.8 Å². The Kier molecular flexibility index (Phi) is 4.51. The molecule has 0 radical (unpaired) electrons. The molecule has 0 amide bonds. The molecule has 8 aliphatic rings. The summed E-state index contributed by atoms with van der Waals surface area (Å²) in [4.78, 5) is 12.7. The average Bonchev–Trinajstić information content (AvgIpc) is 3.64. The molecule has 0 aromatic carbocycles. The molecule has 5 saturated carbocycles. The first-order valence-corrected chi connectivity index (χ1v) is 15.5. The number of epoxide rings is 1. The van der Waals surface area contributed by atoms with E-state index in [4.69, 9.17) is 18.9 Å². The Balaban J connectivity index is 1.21. The van der Waals surface area contributed by atoms with Crippen LogP contribution in [0.2, 0.25) is 0 Å². The fraction of sp³-hybridized carbons (Fsp3) is 0.969. The van der Waals surface area contributed by atoms with E-state index >= 15 is 0 Å². The van der Waals surface area contributed by atoms with Gasteiger partial charge < -0.3 is 24.1 Å². The number of aliphatic hydroxyl groups is 1. The summed E-state index contributed by atoms with van der Waals surface area (Å²) < 4.78 is 26.1. The molecule has 3 spiro atoms. The van der Waals surface area contributed by atoms with Crippen LogP contribution in [0.5, 0.6) is 0 Å². The maximum absolute atomic E-state index is 12.7. The highest BCUT2D eigenvalue weighted by atomic mass is 16.8. The molecule has 8 rings (SSSR count). The Morgan fingerprint density at radius 1 is 0.947 bits per heavy atom. The van der Waals surface area contributed by atoms with Crippen molar-refractivity contribution in [1.82, 2.24) is 0 Å². The van der Waals surface area contributed by atoms with Crippen LogP contribution < -0.4 is 0 Å². The summed E-state index contributed by atoms with van der Waals surface area (Å²) in [5.74, 6) is 1.09. The monoisotopic (exact) mass is 528 g/mol. The van der Waals surface area contributed by atoms with Gasteiger partial charge in [0.25, 0.3) is 0 Å². The first-order chi connectivity index (χ1) is 17.7. The Labute approximate surface area is 227 Å². The van der Waals surface area contributed by atoms with Gasteiger partial charge in [-0.15, -0.1) is 0 Å². The summed E-state index contributed by atoms with van der Waals surface area (Å²) in [6.07, 6.45) is 8.30. The van der Waals surface area contributed by atoms with Gasteiger partial charge in [0, 0.05) is 18.8 Å².